The van der Waals surface area contributed by atoms with Crippen molar-refractivity contribution < 1.29 is 9.18 Å². The second-order valence-corrected chi connectivity index (χ2v) is 7.69. The molecule has 7 heteroatoms. The second-order valence-electron chi connectivity index (χ2n) is 4.47. The lowest BCUT2D eigenvalue weighted by atomic mass is 10.0. The molecular weight excluding hydrogens is 481 g/mol. The first kappa shape index (κ1) is 18.2. The van der Waals surface area contributed by atoms with Crippen molar-refractivity contribution in [3.8, 4) is 0 Å². The first-order valence-electron chi connectivity index (χ1n) is 6.03. The number of hydrogen-bond donors (Lipinski definition) is 0. The number of rotatable bonds is 4. The minimum Gasteiger partial charge on any atom is -0.293 e. The maximum atomic E-state index is 13.6. The Hall–Kier alpha value is -0.130. The molecule has 0 aliphatic carbocycles. The Balaban J connectivity index is 2.29. The number of ketones is 1. The van der Waals surface area contributed by atoms with Gasteiger partial charge in [-0.25, -0.2) is 4.39 Å². The standard InChI is InChI=1S/C15H8Br2Cl3FO/c16-13(7-1-3-8(18)4-2-7)14(17)15(22)9-5-12(21)11(20)6-10(9)19/h1-6,13-14H/t13-,14-/m1/s1. The highest BCUT2D eigenvalue weighted by Gasteiger charge is 2.28. The highest BCUT2D eigenvalue weighted by Crippen LogP contribution is 2.35. The van der Waals surface area contributed by atoms with Crippen LogP contribution < -0.4 is 0 Å². The molecule has 2 rings (SSSR count). The number of hydrogen-bond acceptors (Lipinski definition) is 1. The van der Waals surface area contributed by atoms with Crippen LogP contribution in [0.1, 0.15) is 20.7 Å². The summed E-state index contributed by atoms with van der Waals surface area (Å²) in [6.45, 7) is 0. The molecule has 0 aliphatic heterocycles. The van der Waals surface area contributed by atoms with E-state index in [9.17, 15) is 9.18 Å². The minimum atomic E-state index is -0.688. The van der Waals surface area contributed by atoms with Crippen LogP contribution in [-0.4, -0.2) is 10.6 Å². The van der Waals surface area contributed by atoms with Crippen molar-refractivity contribution in [1.82, 2.24) is 0 Å². The van der Waals surface area contributed by atoms with Gasteiger partial charge in [0.15, 0.2) is 5.78 Å². The summed E-state index contributed by atoms with van der Waals surface area (Å²) >= 11 is 24.3. The average molecular weight is 489 g/mol. The second kappa shape index (κ2) is 7.63. The third-order valence-corrected chi connectivity index (χ3v) is 6.54. The molecule has 1 nitrogen and oxygen atoms in total. The van der Waals surface area contributed by atoms with E-state index >= 15 is 0 Å². The first-order valence-corrected chi connectivity index (χ1v) is 9.00. The van der Waals surface area contributed by atoms with E-state index in [4.69, 9.17) is 34.8 Å². The van der Waals surface area contributed by atoms with Gasteiger partial charge in [0, 0.05) is 10.6 Å². The van der Waals surface area contributed by atoms with Gasteiger partial charge in [-0.2, -0.15) is 0 Å². The van der Waals surface area contributed by atoms with E-state index in [0.29, 0.717) is 5.02 Å². The first-order chi connectivity index (χ1) is 10.3. The summed E-state index contributed by atoms with van der Waals surface area (Å²) in [5.74, 6) is -1.04. The number of benzene rings is 2. The zero-order valence-electron chi connectivity index (χ0n) is 10.8. The molecule has 0 radical (unpaired) electrons. The fourth-order valence-electron chi connectivity index (χ4n) is 1.81. The number of halogens is 6. The normalized spacial score (nSPS) is 13.7. The lowest BCUT2D eigenvalue weighted by molar-refractivity contribution is 0.0990. The third-order valence-electron chi connectivity index (χ3n) is 2.97. The lowest BCUT2D eigenvalue weighted by Gasteiger charge is -2.17. The van der Waals surface area contributed by atoms with Crippen LogP contribution in [0.3, 0.4) is 0 Å². The minimum absolute atomic E-state index is 0.0730. The summed E-state index contributed by atoms with van der Waals surface area (Å²) in [7, 11) is 0. The van der Waals surface area contributed by atoms with E-state index in [2.05, 4.69) is 31.9 Å². The average Bonchev–Trinajstić information content (AvgIpc) is 2.49. The Kier molecular flexibility index (Phi) is 6.31. The molecule has 22 heavy (non-hydrogen) atoms. The van der Waals surface area contributed by atoms with Crippen molar-refractivity contribution in [2.24, 2.45) is 0 Å². The van der Waals surface area contributed by atoms with Gasteiger partial charge in [0.2, 0.25) is 0 Å². The Morgan fingerprint density at radius 3 is 2.18 bits per heavy atom. The maximum absolute atomic E-state index is 13.6. The zero-order valence-corrected chi connectivity index (χ0v) is 16.2. The summed E-state index contributed by atoms with van der Waals surface area (Å²) < 4.78 is 13.6. The molecule has 0 aromatic heterocycles. The van der Waals surface area contributed by atoms with Crippen molar-refractivity contribution in [2.75, 3.05) is 0 Å². The summed E-state index contributed by atoms with van der Waals surface area (Å²) in [5, 5.41) is 0.584. The molecule has 0 saturated carbocycles. The van der Waals surface area contributed by atoms with Gasteiger partial charge >= 0.3 is 0 Å². The predicted octanol–water partition coefficient (Wildman–Crippen LogP) is 6.87. The molecule has 0 aliphatic rings. The Bertz CT molecular complexity index is 707. The summed E-state index contributed by atoms with van der Waals surface area (Å²) in [5.41, 5.74) is 0.925. The highest BCUT2D eigenvalue weighted by molar-refractivity contribution is 9.12. The van der Waals surface area contributed by atoms with E-state index in [-0.39, 0.29) is 26.2 Å². The van der Waals surface area contributed by atoms with E-state index in [0.717, 1.165) is 11.6 Å². The number of Topliss-reactive ketones (excluding diaryl/α,β-unsaturated/α-hetero) is 1. The van der Waals surface area contributed by atoms with Crippen molar-refractivity contribution in [1.29, 1.82) is 0 Å². The van der Waals surface area contributed by atoms with E-state index in [1.165, 1.54) is 6.07 Å². The molecule has 0 N–H and O–H groups in total. The van der Waals surface area contributed by atoms with Crippen LogP contribution in [-0.2, 0) is 0 Å². The van der Waals surface area contributed by atoms with Crippen LogP contribution in [0.2, 0.25) is 15.1 Å². The van der Waals surface area contributed by atoms with Crippen LogP contribution in [0.4, 0.5) is 4.39 Å². The van der Waals surface area contributed by atoms with Crippen LogP contribution in [0.15, 0.2) is 36.4 Å². The Morgan fingerprint density at radius 2 is 1.59 bits per heavy atom. The molecule has 0 unspecified atom stereocenters. The van der Waals surface area contributed by atoms with Gasteiger partial charge in [-0.1, -0.05) is 78.8 Å². The molecule has 0 amide bonds. The van der Waals surface area contributed by atoms with E-state index in [1.54, 1.807) is 24.3 Å². The SMILES string of the molecule is O=C(c1cc(F)c(Cl)cc1Cl)[C@H](Br)[C@H](Br)c1ccc(Cl)cc1. The van der Waals surface area contributed by atoms with Crippen molar-refractivity contribution >= 4 is 72.4 Å². The molecule has 0 bridgehead atoms. The zero-order chi connectivity index (χ0) is 16.4. The quantitative estimate of drug-likeness (QED) is 0.260. The van der Waals surface area contributed by atoms with Crippen molar-refractivity contribution in [2.45, 2.75) is 9.65 Å². The molecular formula is C15H8Br2Cl3FO. The Morgan fingerprint density at radius 1 is 1.00 bits per heavy atom. The molecule has 2 aromatic carbocycles. The largest absolute Gasteiger partial charge is 0.293 e. The molecule has 2 aromatic rings. The molecule has 0 saturated heterocycles. The highest BCUT2D eigenvalue weighted by atomic mass is 79.9. The Labute approximate surface area is 159 Å². The smallest absolute Gasteiger partial charge is 0.179 e. The van der Waals surface area contributed by atoms with Gasteiger partial charge in [-0.3, -0.25) is 4.79 Å². The van der Waals surface area contributed by atoms with Gasteiger partial charge < -0.3 is 0 Å². The number of carbonyl (C=O) groups is 1. The molecule has 2 atom stereocenters. The number of alkyl halides is 2. The van der Waals surface area contributed by atoms with Crippen molar-refractivity contribution in [3.63, 3.8) is 0 Å². The predicted molar refractivity (Wildman–Crippen MR) is 96.6 cm³/mol. The van der Waals surface area contributed by atoms with Crippen LogP contribution in [0.25, 0.3) is 0 Å². The van der Waals surface area contributed by atoms with Gasteiger partial charge in [0.1, 0.15) is 5.82 Å². The van der Waals surface area contributed by atoms with E-state index < -0.39 is 10.6 Å². The molecule has 116 valence electrons. The van der Waals surface area contributed by atoms with Crippen molar-refractivity contribution in [3.05, 3.63) is 68.4 Å². The number of carbonyl (C=O) groups excluding carboxylic acids is 1. The third kappa shape index (κ3) is 4.04. The maximum Gasteiger partial charge on any atom is 0.179 e. The molecule has 0 spiro atoms. The summed E-state index contributed by atoms with van der Waals surface area (Å²) in [4.78, 5) is 11.6. The van der Waals surface area contributed by atoms with Gasteiger partial charge in [0.25, 0.3) is 0 Å². The molecule has 0 fully saturated rings. The summed E-state index contributed by atoms with van der Waals surface area (Å²) in [6, 6.07) is 9.31. The molecule has 0 heterocycles. The lowest BCUT2D eigenvalue weighted by Crippen LogP contribution is -2.20. The van der Waals surface area contributed by atoms with Crippen LogP contribution in [0, 0.1) is 5.82 Å². The van der Waals surface area contributed by atoms with Crippen LogP contribution in [0.5, 0.6) is 0 Å². The fraction of sp³-hybridized carbons (Fsp3) is 0.133. The summed E-state index contributed by atoms with van der Waals surface area (Å²) in [6.07, 6.45) is 0. The topological polar surface area (TPSA) is 17.1 Å². The van der Waals surface area contributed by atoms with Gasteiger partial charge in [-0.15, -0.1) is 0 Å². The fourth-order valence-corrected chi connectivity index (χ4v) is 3.51. The monoisotopic (exact) mass is 486 g/mol. The van der Waals surface area contributed by atoms with Gasteiger partial charge in [-0.05, 0) is 29.8 Å². The van der Waals surface area contributed by atoms with E-state index in [1.807, 2.05) is 0 Å². The van der Waals surface area contributed by atoms with Crippen LogP contribution >= 0.6 is 66.7 Å². The van der Waals surface area contributed by atoms with Gasteiger partial charge in [0.05, 0.1) is 19.7 Å².